The van der Waals surface area contributed by atoms with Crippen molar-refractivity contribution in [1.82, 2.24) is 0 Å². The van der Waals surface area contributed by atoms with Crippen LogP contribution in [-0.4, -0.2) is 20.1 Å². The van der Waals surface area contributed by atoms with Crippen molar-refractivity contribution in [3.8, 4) is 0 Å². The van der Waals surface area contributed by atoms with Crippen LogP contribution in [0.25, 0.3) is 0 Å². The SMILES string of the molecule is C=C/C=C(\C(=NC)OC)C(C)C. The highest BCUT2D eigenvalue weighted by molar-refractivity contribution is 5.94. The van der Waals surface area contributed by atoms with Gasteiger partial charge in [-0.15, -0.1) is 0 Å². The Hall–Kier alpha value is -1.05. The molecule has 0 saturated heterocycles. The van der Waals surface area contributed by atoms with Crippen molar-refractivity contribution in [1.29, 1.82) is 0 Å². The van der Waals surface area contributed by atoms with Gasteiger partial charge in [-0.3, -0.25) is 4.99 Å². The molecule has 0 aromatic heterocycles. The zero-order chi connectivity index (χ0) is 9.56. The van der Waals surface area contributed by atoms with Gasteiger partial charge in [-0.25, -0.2) is 0 Å². The second kappa shape index (κ2) is 5.58. The molecular weight excluding hydrogens is 150 g/mol. The highest BCUT2D eigenvalue weighted by atomic mass is 16.5. The number of hydrogen-bond donors (Lipinski definition) is 0. The number of allylic oxidation sites excluding steroid dienone is 2. The lowest BCUT2D eigenvalue weighted by Crippen LogP contribution is -2.10. The molecule has 0 heterocycles. The number of hydrogen-bond acceptors (Lipinski definition) is 2. The van der Waals surface area contributed by atoms with Crippen molar-refractivity contribution in [3.05, 3.63) is 24.3 Å². The van der Waals surface area contributed by atoms with Crippen LogP contribution in [0.2, 0.25) is 0 Å². The molecule has 0 aromatic carbocycles. The van der Waals surface area contributed by atoms with E-state index < -0.39 is 0 Å². The zero-order valence-electron chi connectivity index (χ0n) is 8.29. The highest BCUT2D eigenvalue weighted by Crippen LogP contribution is 2.12. The first kappa shape index (κ1) is 11.0. The third-order valence-corrected chi connectivity index (χ3v) is 1.56. The van der Waals surface area contributed by atoms with Gasteiger partial charge in [0.1, 0.15) is 0 Å². The number of nitrogens with zero attached hydrogens (tertiary/aromatic N) is 1. The fraction of sp³-hybridized carbons (Fsp3) is 0.500. The molecule has 0 bridgehead atoms. The zero-order valence-corrected chi connectivity index (χ0v) is 8.29. The lowest BCUT2D eigenvalue weighted by Gasteiger charge is -2.11. The summed E-state index contributed by atoms with van der Waals surface area (Å²) in [6.07, 6.45) is 3.68. The summed E-state index contributed by atoms with van der Waals surface area (Å²) in [7, 11) is 3.35. The van der Waals surface area contributed by atoms with E-state index >= 15 is 0 Å². The average molecular weight is 167 g/mol. The minimum atomic E-state index is 0.404. The van der Waals surface area contributed by atoms with Crippen LogP contribution in [0, 0.1) is 5.92 Å². The van der Waals surface area contributed by atoms with Crippen molar-refractivity contribution in [2.45, 2.75) is 13.8 Å². The first-order chi connectivity index (χ1) is 5.67. The van der Waals surface area contributed by atoms with Crippen LogP contribution in [-0.2, 0) is 4.74 Å². The van der Waals surface area contributed by atoms with Gasteiger partial charge in [-0.2, -0.15) is 0 Å². The van der Waals surface area contributed by atoms with Crippen molar-refractivity contribution in [2.75, 3.05) is 14.2 Å². The summed E-state index contributed by atoms with van der Waals surface area (Å²) in [5.41, 5.74) is 1.08. The molecule has 0 aromatic rings. The maximum Gasteiger partial charge on any atom is 0.211 e. The van der Waals surface area contributed by atoms with Gasteiger partial charge in [0.25, 0.3) is 0 Å². The van der Waals surface area contributed by atoms with Crippen LogP contribution in [0.5, 0.6) is 0 Å². The van der Waals surface area contributed by atoms with Crippen LogP contribution in [0.4, 0.5) is 0 Å². The quantitative estimate of drug-likeness (QED) is 0.359. The number of methoxy groups -OCH3 is 1. The molecule has 2 nitrogen and oxygen atoms in total. The minimum Gasteiger partial charge on any atom is -0.481 e. The molecule has 0 atom stereocenters. The standard InChI is InChI=1S/C10H17NO/c1-6-7-9(8(2)3)10(11-4)12-5/h6-8H,1H2,2-5H3/b9-7-,11-10?. The Balaban J connectivity index is 4.73. The van der Waals surface area contributed by atoms with E-state index in [-0.39, 0.29) is 0 Å². The summed E-state index contributed by atoms with van der Waals surface area (Å²) in [4.78, 5) is 4.03. The molecule has 0 aliphatic rings. The van der Waals surface area contributed by atoms with Gasteiger partial charge in [0.2, 0.25) is 5.90 Å². The molecule has 0 amide bonds. The van der Waals surface area contributed by atoms with Gasteiger partial charge in [0.05, 0.1) is 7.11 Å². The Morgan fingerprint density at radius 1 is 1.50 bits per heavy atom. The monoisotopic (exact) mass is 167 g/mol. The first-order valence-electron chi connectivity index (χ1n) is 4.01. The Kier molecular flexibility index (Phi) is 5.09. The molecule has 68 valence electrons. The molecule has 0 saturated carbocycles. The van der Waals surface area contributed by atoms with Gasteiger partial charge >= 0.3 is 0 Å². The highest BCUT2D eigenvalue weighted by Gasteiger charge is 2.09. The van der Waals surface area contributed by atoms with Crippen LogP contribution < -0.4 is 0 Å². The Morgan fingerprint density at radius 3 is 2.33 bits per heavy atom. The molecule has 12 heavy (non-hydrogen) atoms. The van der Waals surface area contributed by atoms with Crippen LogP contribution in [0.3, 0.4) is 0 Å². The van der Waals surface area contributed by atoms with Crippen LogP contribution in [0.15, 0.2) is 29.3 Å². The van der Waals surface area contributed by atoms with Gasteiger partial charge in [0.15, 0.2) is 0 Å². The summed E-state index contributed by atoms with van der Waals surface area (Å²) in [6.45, 7) is 7.84. The molecule has 2 heteroatoms. The normalized spacial score (nSPS) is 13.4. The fourth-order valence-corrected chi connectivity index (χ4v) is 0.976. The maximum atomic E-state index is 5.11. The molecule has 0 spiro atoms. The summed E-state index contributed by atoms with van der Waals surface area (Å²) in [6, 6.07) is 0. The largest absolute Gasteiger partial charge is 0.481 e. The fourth-order valence-electron chi connectivity index (χ4n) is 0.976. The Morgan fingerprint density at radius 2 is 2.08 bits per heavy atom. The Labute approximate surface area is 74.7 Å². The number of rotatable bonds is 3. The van der Waals surface area contributed by atoms with E-state index in [0.29, 0.717) is 11.8 Å². The Bertz CT molecular complexity index is 202. The molecule has 0 unspecified atom stereocenters. The third-order valence-electron chi connectivity index (χ3n) is 1.56. The van der Waals surface area contributed by atoms with Crippen molar-refractivity contribution < 1.29 is 4.74 Å². The molecule has 0 aliphatic carbocycles. The van der Waals surface area contributed by atoms with Crippen molar-refractivity contribution >= 4 is 5.90 Å². The third kappa shape index (κ3) is 2.91. The molecule has 0 rings (SSSR count). The summed E-state index contributed by atoms with van der Waals surface area (Å²) in [5.74, 6) is 1.09. The van der Waals surface area contributed by atoms with Gasteiger partial charge in [0, 0.05) is 12.6 Å². The molecule has 0 fully saturated rings. The number of aliphatic imine (C=N–C) groups is 1. The molecule has 0 aliphatic heterocycles. The second-order valence-electron chi connectivity index (χ2n) is 2.75. The first-order valence-corrected chi connectivity index (χ1v) is 4.01. The smallest absolute Gasteiger partial charge is 0.211 e. The molecular formula is C10H17NO. The maximum absolute atomic E-state index is 5.11. The predicted molar refractivity (Wildman–Crippen MR) is 53.5 cm³/mol. The topological polar surface area (TPSA) is 21.6 Å². The van der Waals surface area contributed by atoms with Crippen LogP contribution in [0.1, 0.15) is 13.8 Å². The van der Waals surface area contributed by atoms with Gasteiger partial charge < -0.3 is 4.74 Å². The molecule has 0 radical (unpaired) electrons. The number of ether oxygens (including phenoxy) is 1. The van der Waals surface area contributed by atoms with E-state index in [9.17, 15) is 0 Å². The summed E-state index contributed by atoms with van der Waals surface area (Å²) >= 11 is 0. The summed E-state index contributed by atoms with van der Waals surface area (Å²) in [5, 5.41) is 0. The van der Waals surface area contributed by atoms with Crippen molar-refractivity contribution in [2.24, 2.45) is 10.9 Å². The van der Waals surface area contributed by atoms with E-state index in [2.05, 4.69) is 25.4 Å². The average Bonchev–Trinajstić information content (AvgIpc) is 2.05. The minimum absolute atomic E-state index is 0.404. The van der Waals surface area contributed by atoms with E-state index in [0.717, 1.165) is 5.57 Å². The van der Waals surface area contributed by atoms with E-state index in [1.165, 1.54) is 0 Å². The lowest BCUT2D eigenvalue weighted by molar-refractivity contribution is 0.398. The summed E-state index contributed by atoms with van der Waals surface area (Å²) < 4.78 is 5.11. The van der Waals surface area contributed by atoms with E-state index in [4.69, 9.17) is 4.74 Å². The van der Waals surface area contributed by atoms with E-state index in [1.54, 1.807) is 20.2 Å². The van der Waals surface area contributed by atoms with Crippen LogP contribution >= 0.6 is 0 Å². The molecule has 0 N–H and O–H groups in total. The van der Waals surface area contributed by atoms with Crippen molar-refractivity contribution in [3.63, 3.8) is 0 Å². The second-order valence-corrected chi connectivity index (χ2v) is 2.75. The predicted octanol–water partition coefficient (Wildman–Crippen LogP) is 2.43. The lowest BCUT2D eigenvalue weighted by atomic mass is 10.0. The van der Waals surface area contributed by atoms with Gasteiger partial charge in [-0.1, -0.05) is 32.6 Å². The van der Waals surface area contributed by atoms with Gasteiger partial charge in [-0.05, 0) is 5.92 Å². The van der Waals surface area contributed by atoms with E-state index in [1.807, 2.05) is 6.08 Å².